The van der Waals surface area contributed by atoms with Crippen LogP contribution >= 0.6 is 24.4 Å². The third kappa shape index (κ3) is 4.58. The van der Waals surface area contributed by atoms with Crippen molar-refractivity contribution < 1.29 is 9.47 Å². The number of thioether (sulfide) groups is 1. The van der Waals surface area contributed by atoms with Gasteiger partial charge in [0.15, 0.2) is 0 Å². The molecule has 1 heterocycles. The van der Waals surface area contributed by atoms with E-state index >= 15 is 0 Å². The Morgan fingerprint density at radius 1 is 1.54 bits per heavy atom. The van der Waals surface area contributed by atoms with Crippen LogP contribution in [0, 0.1) is 0 Å². The number of hydrogen-bond acceptors (Lipinski definition) is 4. The first kappa shape index (κ1) is 11.7. The molecule has 0 amide bonds. The summed E-state index contributed by atoms with van der Waals surface area (Å²) in [7, 11) is 0. The lowest BCUT2D eigenvalue weighted by atomic mass is 10.3. The molecule has 1 saturated heterocycles. The lowest BCUT2D eigenvalue weighted by molar-refractivity contribution is 0.127. The van der Waals surface area contributed by atoms with E-state index in [0.717, 1.165) is 31.3 Å². The van der Waals surface area contributed by atoms with E-state index in [2.05, 4.69) is 19.6 Å². The maximum absolute atomic E-state index is 5.47. The van der Waals surface area contributed by atoms with Crippen molar-refractivity contribution in [1.29, 1.82) is 0 Å². The number of ether oxygens (including phenoxy) is 2. The van der Waals surface area contributed by atoms with Crippen LogP contribution < -0.4 is 0 Å². The molecule has 0 radical (unpaired) electrons. The Morgan fingerprint density at radius 2 is 2.38 bits per heavy atom. The number of hydrogen-bond donors (Lipinski definition) is 1. The highest BCUT2D eigenvalue weighted by Crippen LogP contribution is 2.25. The first-order chi connectivity index (χ1) is 6.34. The minimum absolute atomic E-state index is 0.426. The summed E-state index contributed by atoms with van der Waals surface area (Å²) in [6.07, 6.45) is 1.62. The van der Waals surface area contributed by atoms with Crippen LogP contribution in [0.15, 0.2) is 0 Å². The molecule has 2 atom stereocenters. The average molecular weight is 222 g/mol. The quantitative estimate of drug-likeness (QED) is 0.546. The Kier molecular flexibility index (Phi) is 6.28. The van der Waals surface area contributed by atoms with Crippen LogP contribution in [-0.4, -0.2) is 42.7 Å². The van der Waals surface area contributed by atoms with Gasteiger partial charge in [0.05, 0.1) is 19.3 Å². The third-order valence-corrected chi connectivity index (χ3v) is 3.73. The fourth-order valence-corrected chi connectivity index (χ4v) is 2.61. The van der Waals surface area contributed by atoms with Gasteiger partial charge in [0.2, 0.25) is 0 Å². The molecule has 13 heavy (non-hydrogen) atoms. The average Bonchev–Trinajstić information content (AvgIpc) is 2.52. The molecule has 1 rings (SSSR count). The summed E-state index contributed by atoms with van der Waals surface area (Å²) in [5, 5.41) is 0.680. The van der Waals surface area contributed by atoms with Crippen molar-refractivity contribution in [2.75, 3.05) is 31.3 Å². The van der Waals surface area contributed by atoms with Gasteiger partial charge in [-0.1, -0.05) is 0 Å². The van der Waals surface area contributed by atoms with Gasteiger partial charge in [-0.25, -0.2) is 0 Å². The summed E-state index contributed by atoms with van der Waals surface area (Å²) in [6.45, 7) is 4.68. The van der Waals surface area contributed by atoms with Gasteiger partial charge < -0.3 is 9.47 Å². The molecular formula is C9H18O2S2. The lowest BCUT2D eigenvalue weighted by Crippen LogP contribution is -2.15. The first-order valence-electron chi connectivity index (χ1n) is 4.76. The second kappa shape index (κ2) is 6.98. The largest absolute Gasteiger partial charge is 0.380 e. The van der Waals surface area contributed by atoms with Gasteiger partial charge in [-0.05, 0) is 13.3 Å². The molecule has 0 bridgehead atoms. The fourth-order valence-electron chi connectivity index (χ4n) is 1.36. The molecular weight excluding hydrogens is 204 g/mol. The number of rotatable bonds is 6. The van der Waals surface area contributed by atoms with Crippen LogP contribution in [-0.2, 0) is 9.47 Å². The third-order valence-electron chi connectivity index (χ3n) is 2.10. The van der Waals surface area contributed by atoms with Crippen LogP contribution in [0.2, 0.25) is 0 Å². The lowest BCUT2D eigenvalue weighted by Gasteiger charge is -2.12. The van der Waals surface area contributed by atoms with Crippen LogP contribution in [0.4, 0.5) is 0 Å². The summed E-state index contributed by atoms with van der Waals surface area (Å²) in [5.74, 6) is 1.89. The van der Waals surface area contributed by atoms with E-state index in [0.29, 0.717) is 11.4 Å². The van der Waals surface area contributed by atoms with Crippen LogP contribution in [0.5, 0.6) is 0 Å². The van der Waals surface area contributed by atoms with Crippen LogP contribution in [0.25, 0.3) is 0 Å². The van der Waals surface area contributed by atoms with Gasteiger partial charge in [0, 0.05) is 23.4 Å². The zero-order chi connectivity index (χ0) is 9.52. The minimum Gasteiger partial charge on any atom is -0.380 e. The zero-order valence-corrected chi connectivity index (χ0v) is 9.78. The highest BCUT2D eigenvalue weighted by molar-refractivity contribution is 8.00. The number of thiol groups is 1. The predicted octanol–water partition coefficient (Wildman–Crippen LogP) is 1.84. The summed E-state index contributed by atoms with van der Waals surface area (Å²) in [6, 6.07) is 0. The van der Waals surface area contributed by atoms with Gasteiger partial charge in [-0.3, -0.25) is 0 Å². The van der Waals surface area contributed by atoms with Crippen molar-refractivity contribution in [3.63, 3.8) is 0 Å². The Hall–Kier alpha value is 0.620. The molecule has 0 spiro atoms. The SMILES string of the molecule is CC1OCCC1SCCOCCS. The van der Waals surface area contributed by atoms with E-state index in [-0.39, 0.29) is 0 Å². The van der Waals surface area contributed by atoms with E-state index < -0.39 is 0 Å². The Bertz CT molecular complexity index is 133. The Labute approximate surface area is 90.2 Å². The van der Waals surface area contributed by atoms with Gasteiger partial charge in [-0.15, -0.1) is 0 Å². The van der Waals surface area contributed by atoms with Gasteiger partial charge in [0.1, 0.15) is 0 Å². The molecule has 0 aliphatic carbocycles. The normalized spacial score (nSPS) is 28.2. The smallest absolute Gasteiger partial charge is 0.0666 e. The molecule has 0 aromatic carbocycles. The van der Waals surface area contributed by atoms with Crippen molar-refractivity contribution in [2.45, 2.75) is 24.7 Å². The second-order valence-corrected chi connectivity index (χ2v) is 4.90. The minimum atomic E-state index is 0.426. The maximum Gasteiger partial charge on any atom is 0.0666 e. The first-order valence-corrected chi connectivity index (χ1v) is 6.44. The molecule has 0 saturated carbocycles. The fraction of sp³-hybridized carbons (Fsp3) is 1.00. The van der Waals surface area contributed by atoms with Crippen molar-refractivity contribution in [3.05, 3.63) is 0 Å². The summed E-state index contributed by atoms with van der Waals surface area (Å²) >= 11 is 6.04. The van der Waals surface area contributed by atoms with E-state index in [1.165, 1.54) is 6.42 Å². The summed E-state index contributed by atoms with van der Waals surface area (Å²) in [5.41, 5.74) is 0. The zero-order valence-electron chi connectivity index (χ0n) is 8.07. The second-order valence-electron chi connectivity index (χ2n) is 3.11. The Balaban J connectivity index is 1.93. The van der Waals surface area contributed by atoms with Crippen molar-refractivity contribution in [1.82, 2.24) is 0 Å². The summed E-state index contributed by atoms with van der Waals surface area (Å²) in [4.78, 5) is 0. The molecule has 0 N–H and O–H groups in total. The van der Waals surface area contributed by atoms with Crippen molar-refractivity contribution in [3.8, 4) is 0 Å². The van der Waals surface area contributed by atoms with Gasteiger partial charge in [0.25, 0.3) is 0 Å². The molecule has 1 aliphatic heterocycles. The highest BCUT2D eigenvalue weighted by atomic mass is 32.2. The van der Waals surface area contributed by atoms with Crippen LogP contribution in [0.1, 0.15) is 13.3 Å². The van der Waals surface area contributed by atoms with Crippen molar-refractivity contribution >= 4 is 24.4 Å². The molecule has 2 unspecified atom stereocenters. The molecule has 0 aromatic rings. The van der Waals surface area contributed by atoms with Gasteiger partial charge in [-0.2, -0.15) is 24.4 Å². The Morgan fingerprint density at radius 3 is 3.00 bits per heavy atom. The van der Waals surface area contributed by atoms with Gasteiger partial charge >= 0.3 is 0 Å². The van der Waals surface area contributed by atoms with Crippen LogP contribution in [0.3, 0.4) is 0 Å². The van der Waals surface area contributed by atoms with E-state index in [9.17, 15) is 0 Å². The molecule has 4 heteroatoms. The van der Waals surface area contributed by atoms with Crippen molar-refractivity contribution in [2.24, 2.45) is 0 Å². The summed E-state index contributed by atoms with van der Waals surface area (Å²) < 4.78 is 10.8. The predicted molar refractivity (Wildman–Crippen MR) is 60.9 cm³/mol. The van der Waals surface area contributed by atoms with E-state index in [1.54, 1.807) is 0 Å². The monoisotopic (exact) mass is 222 g/mol. The standard InChI is InChI=1S/C9H18O2S2/c1-8-9(2-3-11-8)13-7-5-10-4-6-12/h8-9,12H,2-7H2,1H3. The van der Waals surface area contributed by atoms with E-state index in [4.69, 9.17) is 9.47 Å². The molecule has 1 aliphatic rings. The molecule has 78 valence electrons. The highest BCUT2D eigenvalue weighted by Gasteiger charge is 2.23. The maximum atomic E-state index is 5.47. The molecule has 0 aromatic heterocycles. The molecule has 2 nitrogen and oxygen atoms in total. The topological polar surface area (TPSA) is 18.5 Å². The molecule has 1 fully saturated rings. The van der Waals surface area contributed by atoms with E-state index in [1.807, 2.05) is 11.8 Å².